The van der Waals surface area contributed by atoms with Crippen molar-refractivity contribution in [3.8, 4) is 22.5 Å². The van der Waals surface area contributed by atoms with Gasteiger partial charge in [0.05, 0.1) is 11.4 Å². The van der Waals surface area contributed by atoms with E-state index in [0.717, 1.165) is 73.0 Å². The van der Waals surface area contributed by atoms with Crippen LogP contribution < -0.4 is 5.73 Å². The number of pyridine rings is 2. The molecule has 3 heteroatoms. The first-order valence-corrected chi connectivity index (χ1v) is 18.2. The fourth-order valence-corrected chi connectivity index (χ4v) is 6.38. The van der Waals surface area contributed by atoms with Crippen LogP contribution in [0.1, 0.15) is 57.0 Å². The van der Waals surface area contributed by atoms with E-state index in [0.29, 0.717) is 0 Å². The number of nitrogens with zero attached hydrogens (tertiary/aromatic N) is 2. The van der Waals surface area contributed by atoms with Crippen molar-refractivity contribution < 1.29 is 0 Å². The highest BCUT2D eigenvalue weighted by Gasteiger charge is 2.07. The number of hydrogen-bond donors (Lipinski definition) is 1. The predicted octanol–water partition coefficient (Wildman–Crippen LogP) is 10.7. The quantitative estimate of drug-likeness (QED) is 0.118. The topological polar surface area (TPSA) is 51.8 Å². The van der Waals surface area contributed by atoms with Crippen LogP contribution >= 0.6 is 0 Å². The molecule has 0 atom stereocenters. The van der Waals surface area contributed by atoms with Crippen LogP contribution in [0.15, 0.2) is 152 Å². The molecule has 2 heterocycles. The third kappa shape index (κ3) is 10.5. The van der Waals surface area contributed by atoms with Gasteiger partial charge in [0.25, 0.3) is 0 Å². The maximum absolute atomic E-state index is 5.59. The number of nitrogens with two attached hydrogens (primary N) is 1. The Hall–Kier alpha value is -5.54. The van der Waals surface area contributed by atoms with E-state index in [9.17, 15) is 0 Å². The first-order valence-electron chi connectivity index (χ1n) is 18.2. The highest BCUT2D eigenvalue weighted by Crippen LogP contribution is 2.22. The molecule has 0 spiro atoms. The fraction of sp³-hybridized carbons (Fsp3) is 0.208. The molecule has 0 aliphatic rings. The molecule has 0 radical (unpaired) electrons. The average Bonchev–Trinajstić information content (AvgIpc) is 3.17. The Morgan fingerprint density at radius 3 is 1.24 bits per heavy atom. The Labute approximate surface area is 304 Å². The molecule has 0 aliphatic carbocycles. The minimum absolute atomic E-state index is 0.911. The highest BCUT2D eigenvalue weighted by atomic mass is 14.7. The molecule has 0 saturated carbocycles. The average molecular weight is 668 g/mol. The standard InChI is InChI=1S/C48H49N3/c1-35(32-49)5-4-6-38-9-11-39(12-10-38)13-16-42-29-43(17-14-40-19-23-45(24-20-40)47-27-7-36(2)33-50-47)31-44(30-42)18-15-41-21-25-46(26-22-41)48-28-8-37(3)34-51-48/h4-5,7-12,19-34H,6,13-18,49H2,1-3H3/b5-4-,35-32-. The van der Waals surface area contributed by atoms with Gasteiger partial charge in [-0.1, -0.05) is 115 Å². The third-order valence-corrected chi connectivity index (χ3v) is 9.56. The second-order valence-electron chi connectivity index (χ2n) is 13.8. The van der Waals surface area contributed by atoms with Crippen molar-refractivity contribution in [1.29, 1.82) is 0 Å². The van der Waals surface area contributed by atoms with Crippen LogP contribution in [0.25, 0.3) is 22.5 Å². The molecule has 0 fully saturated rings. The fourth-order valence-electron chi connectivity index (χ4n) is 6.38. The van der Waals surface area contributed by atoms with Crippen LogP contribution in [-0.2, 0) is 44.9 Å². The van der Waals surface area contributed by atoms with Gasteiger partial charge in [0.1, 0.15) is 0 Å². The van der Waals surface area contributed by atoms with Gasteiger partial charge in [0.2, 0.25) is 0 Å². The van der Waals surface area contributed by atoms with Crippen LogP contribution in [0.4, 0.5) is 0 Å². The first-order chi connectivity index (χ1) is 24.9. The molecule has 6 aromatic rings. The maximum atomic E-state index is 5.59. The predicted molar refractivity (Wildman–Crippen MR) is 215 cm³/mol. The largest absolute Gasteiger partial charge is 0.404 e. The first kappa shape index (κ1) is 35.3. The van der Waals surface area contributed by atoms with E-state index in [1.54, 1.807) is 6.20 Å². The lowest BCUT2D eigenvalue weighted by molar-refractivity contribution is 0.903. The smallest absolute Gasteiger partial charge is 0.0702 e. The molecule has 3 nitrogen and oxygen atoms in total. The van der Waals surface area contributed by atoms with Gasteiger partial charge in [0, 0.05) is 23.5 Å². The van der Waals surface area contributed by atoms with E-state index in [4.69, 9.17) is 5.73 Å². The van der Waals surface area contributed by atoms with E-state index >= 15 is 0 Å². The van der Waals surface area contributed by atoms with Crippen molar-refractivity contribution in [2.75, 3.05) is 0 Å². The Morgan fingerprint density at radius 2 is 0.863 bits per heavy atom. The van der Waals surface area contributed by atoms with Gasteiger partial charge in [-0.25, -0.2) is 0 Å². The molecule has 4 aromatic carbocycles. The molecular formula is C48H49N3. The zero-order valence-electron chi connectivity index (χ0n) is 30.3. The molecule has 0 bridgehead atoms. The summed E-state index contributed by atoms with van der Waals surface area (Å²) in [6.45, 7) is 6.16. The van der Waals surface area contributed by atoms with E-state index in [1.165, 1.54) is 50.1 Å². The molecule has 2 aromatic heterocycles. The molecule has 6 rings (SSSR count). The molecule has 0 aliphatic heterocycles. The van der Waals surface area contributed by atoms with Gasteiger partial charge in [-0.05, 0) is 140 Å². The highest BCUT2D eigenvalue weighted by molar-refractivity contribution is 5.60. The Kier molecular flexibility index (Phi) is 12.0. The Morgan fingerprint density at radius 1 is 0.490 bits per heavy atom. The van der Waals surface area contributed by atoms with E-state index < -0.39 is 0 Å². The molecule has 2 N–H and O–H groups in total. The van der Waals surface area contributed by atoms with Gasteiger partial charge < -0.3 is 5.73 Å². The molecule has 0 amide bonds. The van der Waals surface area contributed by atoms with Crippen molar-refractivity contribution in [2.45, 2.75) is 65.7 Å². The molecule has 51 heavy (non-hydrogen) atoms. The van der Waals surface area contributed by atoms with Gasteiger partial charge in [-0.15, -0.1) is 0 Å². The number of rotatable bonds is 14. The number of aryl methyl sites for hydroxylation is 8. The third-order valence-electron chi connectivity index (χ3n) is 9.56. The van der Waals surface area contributed by atoms with E-state index in [-0.39, 0.29) is 0 Å². The summed E-state index contributed by atoms with van der Waals surface area (Å²) in [4.78, 5) is 9.21. The molecule has 0 unspecified atom stereocenters. The molecule has 0 saturated heterocycles. The Balaban J connectivity index is 1.13. The maximum Gasteiger partial charge on any atom is 0.0702 e. The minimum atomic E-state index is 0.911. The number of allylic oxidation sites excluding steroid dienone is 3. The van der Waals surface area contributed by atoms with E-state index in [2.05, 4.69) is 151 Å². The lowest BCUT2D eigenvalue weighted by atomic mass is 9.94. The van der Waals surface area contributed by atoms with Crippen LogP contribution in [0.3, 0.4) is 0 Å². The summed E-state index contributed by atoms with van der Waals surface area (Å²) in [5.74, 6) is 0. The summed E-state index contributed by atoms with van der Waals surface area (Å²) in [6.07, 6.45) is 16.8. The van der Waals surface area contributed by atoms with Crippen LogP contribution in [0.5, 0.6) is 0 Å². The van der Waals surface area contributed by atoms with Crippen LogP contribution in [-0.4, -0.2) is 9.97 Å². The van der Waals surface area contributed by atoms with Crippen molar-refractivity contribution in [3.05, 3.63) is 202 Å². The Bertz CT molecular complexity index is 1940. The SMILES string of the molecule is CC(/C=C\Cc1ccc(CCc2cc(CCc3ccc(-c4ccc(C)cn4)cc3)cc(CCc3ccc(-c4ccc(C)cn4)cc3)c2)cc1)=C/N. The number of benzene rings is 4. The van der Waals surface area contributed by atoms with Gasteiger partial charge in [-0.3, -0.25) is 9.97 Å². The monoisotopic (exact) mass is 667 g/mol. The van der Waals surface area contributed by atoms with E-state index in [1.807, 2.05) is 19.3 Å². The van der Waals surface area contributed by atoms with Crippen LogP contribution in [0.2, 0.25) is 0 Å². The summed E-state index contributed by atoms with van der Waals surface area (Å²) in [5, 5.41) is 0. The zero-order chi connectivity index (χ0) is 35.4. The van der Waals surface area contributed by atoms with Crippen molar-refractivity contribution in [3.63, 3.8) is 0 Å². The number of aromatic nitrogens is 2. The second kappa shape index (κ2) is 17.4. The zero-order valence-corrected chi connectivity index (χ0v) is 30.3. The van der Waals surface area contributed by atoms with Gasteiger partial charge >= 0.3 is 0 Å². The minimum Gasteiger partial charge on any atom is -0.404 e. The van der Waals surface area contributed by atoms with Crippen molar-refractivity contribution in [1.82, 2.24) is 9.97 Å². The van der Waals surface area contributed by atoms with Crippen molar-refractivity contribution in [2.24, 2.45) is 5.73 Å². The van der Waals surface area contributed by atoms with Crippen molar-refractivity contribution >= 4 is 0 Å². The lowest BCUT2D eigenvalue weighted by Crippen LogP contribution is -2.00. The van der Waals surface area contributed by atoms with Gasteiger partial charge in [0.15, 0.2) is 0 Å². The normalized spacial score (nSPS) is 11.7. The molecular weight excluding hydrogens is 619 g/mol. The van der Waals surface area contributed by atoms with Crippen LogP contribution in [0, 0.1) is 13.8 Å². The summed E-state index contributed by atoms with van der Waals surface area (Å²) in [5.41, 5.74) is 23.0. The lowest BCUT2D eigenvalue weighted by Gasteiger charge is -2.12. The van der Waals surface area contributed by atoms with Gasteiger partial charge in [-0.2, -0.15) is 0 Å². The molecule has 256 valence electrons. The number of hydrogen-bond acceptors (Lipinski definition) is 3. The second-order valence-corrected chi connectivity index (χ2v) is 13.8. The summed E-state index contributed by atoms with van der Waals surface area (Å²) < 4.78 is 0. The summed E-state index contributed by atoms with van der Waals surface area (Å²) in [6, 6.07) is 42.7. The summed E-state index contributed by atoms with van der Waals surface area (Å²) in [7, 11) is 0. The summed E-state index contributed by atoms with van der Waals surface area (Å²) >= 11 is 0.